The highest BCUT2D eigenvalue weighted by atomic mass is 16.3. The molecule has 4 atom stereocenters. The SMILES string of the molecule is C=C(C)[C@H]1CCC[C@@]2(C)CCC[C@@](C)(O)[C@H]12. The molecule has 0 heterocycles. The molecule has 92 valence electrons. The van der Waals surface area contributed by atoms with Crippen LogP contribution in [0.2, 0.25) is 0 Å². The third kappa shape index (κ3) is 1.84. The summed E-state index contributed by atoms with van der Waals surface area (Å²) in [6, 6.07) is 0. The zero-order valence-corrected chi connectivity index (χ0v) is 11.1. The quantitative estimate of drug-likeness (QED) is 0.667. The maximum atomic E-state index is 10.7. The minimum atomic E-state index is -0.475. The molecule has 0 amide bonds. The molecule has 2 saturated carbocycles. The van der Waals surface area contributed by atoms with Crippen molar-refractivity contribution >= 4 is 0 Å². The first-order valence-corrected chi connectivity index (χ1v) is 6.75. The van der Waals surface area contributed by atoms with E-state index in [2.05, 4.69) is 27.4 Å². The van der Waals surface area contributed by atoms with Crippen molar-refractivity contribution in [2.75, 3.05) is 0 Å². The van der Waals surface area contributed by atoms with Gasteiger partial charge in [0.25, 0.3) is 0 Å². The van der Waals surface area contributed by atoms with Gasteiger partial charge in [0.15, 0.2) is 0 Å². The van der Waals surface area contributed by atoms with Gasteiger partial charge >= 0.3 is 0 Å². The third-order valence-corrected chi connectivity index (χ3v) is 5.15. The Hall–Kier alpha value is -0.300. The number of hydrogen-bond donors (Lipinski definition) is 1. The first-order valence-electron chi connectivity index (χ1n) is 6.75. The van der Waals surface area contributed by atoms with Crippen LogP contribution in [-0.2, 0) is 0 Å². The van der Waals surface area contributed by atoms with E-state index in [-0.39, 0.29) is 0 Å². The minimum Gasteiger partial charge on any atom is -0.390 e. The molecule has 1 heteroatoms. The lowest BCUT2D eigenvalue weighted by atomic mass is 9.51. The Morgan fingerprint density at radius 2 is 1.81 bits per heavy atom. The molecule has 2 aliphatic rings. The first kappa shape index (κ1) is 12.2. The smallest absolute Gasteiger partial charge is 0.0658 e. The van der Waals surface area contributed by atoms with E-state index in [0.717, 1.165) is 6.42 Å². The Bertz CT molecular complexity index is 288. The van der Waals surface area contributed by atoms with Gasteiger partial charge in [-0.15, -0.1) is 0 Å². The van der Waals surface area contributed by atoms with Crippen LogP contribution in [0.25, 0.3) is 0 Å². The summed E-state index contributed by atoms with van der Waals surface area (Å²) in [5.41, 5.74) is 1.15. The van der Waals surface area contributed by atoms with E-state index in [9.17, 15) is 5.11 Å². The van der Waals surface area contributed by atoms with Crippen molar-refractivity contribution in [3.05, 3.63) is 12.2 Å². The fourth-order valence-electron chi connectivity index (χ4n) is 4.53. The van der Waals surface area contributed by atoms with Crippen molar-refractivity contribution in [1.29, 1.82) is 0 Å². The molecule has 2 aliphatic carbocycles. The van der Waals surface area contributed by atoms with Crippen molar-refractivity contribution in [2.24, 2.45) is 17.3 Å². The molecule has 0 aromatic carbocycles. The highest BCUT2D eigenvalue weighted by Gasteiger charge is 2.52. The van der Waals surface area contributed by atoms with E-state index in [1.807, 2.05) is 0 Å². The van der Waals surface area contributed by atoms with Gasteiger partial charge in [-0.25, -0.2) is 0 Å². The lowest BCUT2D eigenvalue weighted by Gasteiger charge is -2.56. The van der Waals surface area contributed by atoms with Gasteiger partial charge in [0.1, 0.15) is 0 Å². The molecule has 0 bridgehead atoms. The fraction of sp³-hybridized carbons (Fsp3) is 0.867. The Morgan fingerprint density at radius 3 is 2.44 bits per heavy atom. The van der Waals surface area contributed by atoms with Gasteiger partial charge in [0.2, 0.25) is 0 Å². The van der Waals surface area contributed by atoms with E-state index in [1.54, 1.807) is 0 Å². The first-order chi connectivity index (χ1) is 7.37. The molecular formula is C15H26O. The van der Waals surface area contributed by atoms with Gasteiger partial charge < -0.3 is 5.11 Å². The molecule has 0 aromatic rings. The second-order valence-electron chi connectivity index (χ2n) is 6.69. The number of fused-ring (bicyclic) bond motifs is 1. The molecule has 1 nitrogen and oxygen atoms in total. The van der Waals surface area contributed by atoms with Crippen LogP contribution in [0.4, 0.5) is 0 Å². The molecule has 1 N–H and O–H groups in total. The third-order valence-electron chi connectivity index (χ3n) is 5.15. The summed E-state index contributed by atoms with van der Waals surface area (Å²) in [5.74, 6) is 0.967. The standard InChI is InChI=1S/C15H26O/c1-11(2)12-7-5-8-14(3)9-6-10-15(4,16)13(12)14/h12-13,16H,1,5-10H2,2-4H3/t12-,13-,14+,15-/m1/s1. The molecule has 0 unspecified atom stereocenters. The van der Waals surface area contributed by atoms with Gasteiger partial charge in [0.05, 0.1) is 5.60 Å². The Balaban J connectivity index is 2.35. The van der Waals surface area contributed by atoms with Gasteiger partial charge in [-0.1, -0.05) is 31.9 Å². The number of aliphatic hydroxyl groups is 1. The normalized spacial score (nSPS) is 48.5. The van der Waals surface area contributed by atoms with Crippen molar-refractivity contribution in [3.8, 4) is 0 Å². The van der Waals surface area contributed by atoms with Gasteiger partial charge in [0, 0.05) is 0 Å². The summed E-state index contributed by atoms with van der Waals surface area (Å²) in [6.45, 7) is 10.7. The van der Waals surface area contributed by atoms with E-state index >= 15 is 0 Å². The van der Waals surface area contributed by atoms with Crippen LogP contribution in [0.5, 0.6) is 0 Å². The Morgan fingerprint density at radius 1 is 1.19 bits per heavy atom. The Kier molecular flexibility index (Phi) is 2.94. The highest BCUT2D eigenvalue weighted by Crippen LogP contribution is 2.57. The van der Waals surface area contributed by atoms with Crippen molar-refractivity contribution in [3.63, 3.8) is 0 Å². The van der Waals surface area contributed by atoms with Crippen LogP contribution in [0.3, 0.4) is 0 Å². The summed E-state index contributed by atoms with van der Waals surface area (Å²) in [6.07, 6.45) is 7.27. The van der Waals surface area contributed by atoms with Gasteiger partial charge in [-0.3, -0.25) is 0 Å². The van der Waals surface area contributed by atoms with Crippen molar-refractivity contribution in [1.82, 2.24) is 0 Å². The molecule has 2 rings (SSSR count). The molecule has 0 aromatic heterocycles. The van der Waals surface area contributed by atoms with Crippen LogP contribution in [0.1, 0.15) is 59.3 Å². The van der Waals surface area contributed by atoms with Crippen LogP contribution in [0, 0.1) is 17.3 Å². The van der Waals surface area contributed by atoms with E-state index in [4.69, 9.17) is 0 Å². The molecule has 0 spiro atoms. The average Bonchev–Trinajstić information content (AvgIpc) is 2.14. The molecule has 2 fully saturated rings. The van der Waals surface area contributed by atoms with E-state index in [1.165, 1.54) is 37.7 Å². The van der Waals surface area contributed by atoms with E-state index in [0.29, 0.717) is 17.3 Å². The number of allylic oxidation sites excluding steroid dienone is 1. The summed E-state index contributed by atoms with van der Waals surface area (Å²) >= 11 is 0. The van der Waals surface area contributed by atoms with Crippen molar-refractivity contribution in [2.45, 2.75) is 64.9 Å². The maximum Gasteiger partial charge on any atom is 0.0658 e. The minimum absolute atomic E-state index is 0.351. The molecule has 0 radical (unpaired) electrons. The lowest BCUT2D eigenvalue weighted by Crippen LogP contribution is -2.53. The number of hydrogen-bond acceptors (Lipinski definition) is 1. The van der Waals surface area contributed by atoms with Crippen LogP contribution < -0.4 is 0 Å². The molecule has 16 heavy (non-hydrogen) atoms. The lowest BCUT2D eigenvalue weighted by molar-refractivity contribution is -0.132. The predicted molar refractivity (Wildman–Crippen MR) is 68.2 cm³/mol. The van der Waals surface area contributed by atoms with Gasteiger partial charge in [-0.05, 0) is 56.8 Å². The highest BCUT2D eigenvalue weighted by molar-refractivity contribution is 5.11. The second kappa shape index (κ2) is 3.87. The monoisotopic (exact) mass is 222 g/mol. The Labute approximate surface area is 99.9 Å². The van der Waals surface area contributed by atoms with Crippen LogP contribution in [0.15, 0.2) is 12.2 Å². The van der Waals surface area contributed by atoms with Crippen molar-refractivity contribution < 1.29 is 5.11 Å². The van der Waals surface area contributed by atoms with Crippen LogP contribution >= 0.6 is 0 Å². The average molecular weight is 222 g/mol. The maximum absolute atomic E-state index is 10.7. The summed E-state index contributed by atoms with van der Waals surface area (Å²) in [7, 11) is 0. The molecule has 0 saturated heterocycles. The molecule has 0 aliphatic heterocycles. The topological polar surface area (TPSA) is 20.2 Å². The van der Waals surface area contributed by atoms with E-state index < -0.39 is 5.60 Å². The van der Waals surface area contributed by atoms with Gasteiger partial charge in [-0.2, -0.15) is 0 Å². The largest absolute Gasteiger partial charge is 0.390 e. The summed E-state index contributed by atoms with van der Waals surface area (Å²) in [5, 5.41) is 10.7. The summed E-state index contributed by atoms with van der Waals surface area (Å²) in [4.78, 5) is 0. The second-order valence-corrected chi connectivity index (χ2v) is 6.69. The zero-order valence-electron chi connectivity index (χ0n) is 11.1. The predicted octanol–water partition coefficient (Wildman–Crippen LogP) is 3.92. The fourth-order valence-corrected chi connectivity index (χ4v) is 4.53. The number of rotatable bonds is 1. The zero-order chi connectivity index (χ0) is 12.0. The van der Waals surface area contributed by atoms with Crippen LogP contribution in [-0.4, -0.2) is 10.7 Å². The summed E-state index contributed by atoms with van der Waals surface area (Å²) < 4.78 is 0. The molecular weight excluding hydrogens is 196 g/mol.